The highest BCUT2D eigenvalue weighted by Crippen LogP contribution is 2.21. The first-order chi connectivity index (χ1) is 7.19. The third kappa shape index (κ3) is 3.25. The standard InChI is InChI=1S/C11H14O3S/c1-2-15-9-5-3-8(4-6-9)10(7-12)11(13)14/h3-6,10,12H,2,7H2,1H3,(H,13,14). The predicted molar refractivity (Wildman–Crippen MR) is 60.3 cm³/mol. The van der Waals surface area contributed by atoms with Crippen LogP contribution in [-0.4, -0.2) is 28.5 Å². The van der Waals surface area contributed by atoms with Crippen molar-refractivity contribution < 1.29 is 15.0 Å². The molecule has 0 spiro atoms. The lowest BCUT2D eigenvalue weighted by molar-refractivity contribution is -0.139. The Hall–Kier alpha value is -1.00. The second-order valence-electron chi connectivity index (χ2n) is 3.08. The van der Waals surface area contributed by atoms with Gasteiger partial charge in [0.2, 0.25) is 0 Å². The molecule has 0 saturated heterocycles. The van der Waals surface area contributed by atoms with Crippen LogP contribution >= 0.6 is 11.8 Å². The fraction of sp³-hybridized carbons (Fsp3) is 0.364. The number of hydrogen-bond donors (Lipinski definition) is 2. The van der Waals surface area contributed by atoms with Gasteiger partial charge in [0.05, 0.1) is 6.61 Å². The lowest BCUT2D eigenvalue weighted by Crippen LogP contribution is -2.15. The molecule has 1 aromatic carbocycles. The second kappa shape index (κ2) is 5.78. The van der Waals surface area contributed by atoms with E-state index in [2.05, 4.69) is 6.92 Å². The molecule has 15 heavy (non-hydrogen) atoms. The highest BCUT2D eigenvalue weighted by Gasteiger charge is 2.18. The van der Waals surface area contributed by atoms with Crippen molar-refractivity contribution in [3.05, 3.63) is 29.8 Å². The number of aliphatic carboxylic acids is 1. The summed E-state index contributed by atoms with van der Waals surface area (Å²) in [6.07, 6.45) is 0. The van der Waals surface area contributed by atoms with Crippen LogP contribution in [-0.2, 0) is 4.79 Å². The maximum atomic E-state index is 10.8. The number of carbonyl (C=O) groups is 1. The van der Waals surface area contributed by atoms with Crippen LogP contribution in [0.2, 0.25) is 0 Å². The first-order valence-electron chi connectivity index (χ1n) is 4.75. The van der Waals surface area contributed by atoms with Crippen molar-refractivity contribution >= 4 is 17.7 Å². The molecule has 0 bridgehead atoms. The Morgan fingerprint density at radius 2 is 2.00 bits per heavy atom. The quantitative estimate of drug-likeness (QED) is 0.753. The van der Waals surface area contributed by atoms with Crippen LogP contribution in [0.4, 0.5) is 0 Å². The largest absolute Gasteiger partial charge is 0.481 e. The fourth-order valence-corrected chi connectivity index (χ4v) is 1.95. The molecule has 0 radical (unpaired) electrons. The van der Waals surface area contributed by atoms with Gasteiger partial charge in [0.1, 0.15) is 5.92 Å². The number of thioether (sulfide) groups is 1. The van der Waals surface area contributed by atoms with Gasteiger partial charge in [-0.25, -0.2) is 0 Å². The maximum Gasteiger partial charge on any atom is 0.313 e. The number of carboxylic acids is 1. The normalized spacial score (nSPS) is 12.4. The van der Waals surface area contributed by atoms with E-state index in [1.54, 1.807) is 23.9 Å². The van der Waals surface area contributed by atoms with Gasteiger partial charge < -0.3 is 10.2 Å². The maximum absolute atomic E-state index is 10.8. The summed E-state index contributed by atoms with van der Waals surface area (Å²) in [5.74, 6) is -0.819. The van der Waals surface area contributed by atoms with Gasteiger partial charge in [0.25, 0.3) is 0 Å². The van der Waals surface area contributed by atoms with Crippen molar-refractivity contribution in [2.24, 2.45) is 0 Å². The third-order valence-electron chi connectivity index (χ3n) is 2.07. The topological polar surface area (TPSA) is 57.5 Å². The van der Waals surface area contributed by atoms with Crippen molar-refractivity contribution in [1.82, 2.24) is 0 Å². The molecule has 0 heterocycles. The Balaban J connectivity index is 2.82. The lowest BCUT2D eigenvalue weighted by atomic mass is 10.0. The summed E-state index contributed by atoms with van der Waals surface area (Å²) in [4.78, 5) is 11.9. The van der Waals surface area contributed by atoms with E-state index in [0.717, 1.165) is 10.6 Å². The summed E-state index contributed by atoms with van der Waals surface area (Å²) in [7, 11) is 0. The van der Waals surface area contributed by atoms with Gasteiger partial charge in [-0.2, -0.15) is 0 Å². The minimum absolute atomic E-state index is 0.365. The zero-order chi connectivity index (χ0) is 11.3. The summed E-state index contributed by atoms with van der Waals surface area (Å²) >= 11 is 1.70. The van der Waals surface area contributed by atoms with E-state index in [1.807, 2.05) is 12.1 Å². The average Bonchev–Trinajstić information content (AvgIpc) is 2.21. The number of aliphatic hydroxyl groups is 1. The summed E-state index contributed by atoms with van der Waals surface area (Å²) in [6.45, 7) is 1.70. The molecule has 0 amide bonds. The van der Waals surface area contributed by atoms with Crippen LogP contribution in [0, 0.1) is 0 Å². The molecule has 2 N–H and O–H groups in total. The SMILES string of the molecule is CCSc1ccc(C(CO)C(=O)O)cc1. The Labute approximate surface area is 93.1 Å². The van der Waals surface area contributed by atoms with E-state index in [4.69, 9.17) is 10.2 Å². The molecular formula is C11H14O3S. The van der Waals surface area contributed by atoms with Crippen LogP contribution in [0.15, 0.2) is 29.2 Å². The first kappa shape index (κ1) is 12.1. The van der Waals surface area contributed by atoms with Gasteiger partial charge in [-0.05, 0) is 23.4 Å². The van der Waals surface area contributed by atoms with Crippen molar-refractivity contribution in [3.63, 3.8) is 0 Å². The molecule has 0 fully saturated rings. The van der Waals surface area contributed by atoms with Gasteiger partial charge in [0.15, 0.2) is 0 Å². The first-order valence-corrected chi connectivity index (χ1v) is 5.74. The Morgan fingerprint density at radius 3 is 2.40 bits per heavy atom. The molecule has 0 aliphatic rings. The van der Waals surface area contributed by atoms with E-state index >= 15 is 0 Å². The molecular weight excluding hydrogens is 212 g/mol. The molecule has 1 rings (SSSR count). The van der Waals surface area contributed by atoms with Crippen LogP contribution in [0.25, 0.3) is 0 Å². The van der Waals surface area contributed by atoms with Crippen molar-refractivity contribution in [1.29, 1.82) is 0 Å². The monoisotopic (exact) mass is 226 g/mol. The summed E-state index contributed by atoms with van der Waals surface area (Å²) < 4.78 is 0. The second-order valence-corrected chi connectivity index (χ2v) is 4.41. The van der Waals surface area contributed by atoms with Crippen LogP contribution in [0.5, 0.6) is 0 Å². The Bertz CT molecular complexity index is 321. The summed E-state index contributed by atoms with van der Waals surface area (Å²) in [5, 5.41) is 17.8. The summed E-state index contributed by atoms with van der Waals surface area (Å²) in [6, 6.07) is 7.28. The van der Waals surface area contributed by atoms with Crippen molar-refractivity contribution in [2.75, 3.05) is 12.4 Å². The van der Waals surface area contributed by atoms with Crippen LogP contribution < -0.4 is 0 Å². The molecule has 1 aromatic rings. The van der Waals surface area contributed by atoms with Crippen molar-refractivity contribution in [3.8, 4) is 0 Å². The van der Waals surface area contributed by atoms with Crippen LogP contribution in [0.3, 0.4) is 0 Å². The molecule has 0 aromatic heterocycles. The van der Waals surface area contributed by atoms with Gasteiger partial charge in [-0.15, -0.1) is 11.8 Å². The zero-order valence-electron chi connectivity index (χ0n) is 8.51. The third-order valence-corrected chi connectivity index (χ3v) is 2.97. The van der Waals surface area contributed by atoms with Gasteiger partial charge in [-0.3, -0.25) is 4.79 Å². The Morgan fingerprint density at radius 1 is 1.40 bits per heavy atom. The number of benzene rings is 1. The molecule has 0 saturated carbocycles. The lowest BCUT2D eigenvalue weighted by Gasteiger charge is -2.09. The number of carboxylic acid groups (broad SMARTS) is 1. The molecule has 82 valence electrons. The average molecular weight is 226 g/mol. The van der Waals surface area contributed by atoms with E-state index < -0.39 is 11.9 Å². The van der Waals surface area contributed by atoms with Crippen molar-refractivity contribution in [2.45, 2.75) is 17.7 Å². The molecule has 0 aliphatic carbocycles. The fourth-order valence-electron chi connectivity index (χ4n) is 1.29. The van der Waals surface area contributed by atoms with E-state index in [9.17, 15) is 4.79 Å². The zero-order valence-corrected chi connectivity index (χ0v) is 9.33. The molecule has 0 aliphatic heterocycles. The van der Waals surface area contributed by atoms with E-state index in [0.29, 0.717) is 5.56 Å². The number of aliphatic hydroxyl groups excluding tert-OH is 1. The van der Waals surface area contributed by atoms with Gasteiger partial charge >= 0.3 is 5.97 Å². The highest BCUT2D eigenvalue weighted by atomic mass is 32.2. The Kier molecular flexibility index (Phi) is 4.65. The van der Waals surface area contributed by atoms with Crippen LogP contribution in [0.1, 0.15) is 18.4 Å². The summed E-state index contributed by atoms with van der Waals surface area (Å²) in [5.41, 5.74) is 0.644. The van der Waals surface area contributed by atoms with E-state index in [1.165, 1.54) is 0 Å². The number of rotatable bonds is 5. The van der Waals surface area contributed by atoms with Gasteiger partial charge in [0, 0.05) is 4.90 Å². The van der Waals surface area contributed by atoms with Gasteiger partial charge in [-0.1, -0.05) is 19.1 Å². The minimum Gasteiger partial charge on any atom is -0.481 e. The smallest absolute Gasteiger partial charge is 0.313 e. The number of hydrogen-bond acceptors (Lipinski definition) is 3. The highest BCUT2D eigenvalue weighted by molar-refractivity contribution is 7.99. The molecule has 3 nitrogen and oxygen atoms in total. The molecule has 1 unspecified atom stereocenters. The molecule has 4 heteroatoms. The predicted octanol–water partition coefficient (Wildman–Crippen LogP) is 1.96. The molecule has 1 atom stereocenters. The van der Waals surface area contributed by atoms with E-state index in [-0.39, 0.29) is 6.61 Å². The minimum atomic E-state index is -0.992.